The number of unbranched alkanes of at least 4 members (excludes halogenated alkanes) is 2. The zero-order chi connectivity index (χ0) is 13.4. The molecule has 0 saturated heterocycles. The van der Waals surface area contributed by atoms with Gasteiger partial charge in [-0.2, -0.15) is 5.26 Å². The van der Waals surface area contributed by atoms with Crippen LogP contribution >= 0.6 is 0 Å². The summed E-state index contributed by atoms with van der Waals surface area (Å²) in [5.74, 6) is -1.19. The molecule has 0 bridgehead atoms. The third-order valence-electron chi connectivity index (χ3n) is 2.71. The van der Waals surface area contributed by atoms with Crippen LogP contribution in [0.1, 0.15) is 37.3 Å². The van der Waals surface area contributed by atoms with Gasteiger partial charge in [-0.05, 0) is 30.0 Å². The second kappa shape index (κ2) is 7.29. The molecule has 0 fully saturated rings. The van der Waals surface area contributed by atoms with Gasteiger partial charge in [0.2, 0.25) is 0 Å². The van der Waals surface area contributed by atoms with Crippen molar-refractivity contribution in [1.82, 2.24) is 0 Å². The molecule has 0 aliphatic heterocycles. The molecule has 0 radical (unpaired) electrons. The molecular formula is C15H17NO2. The lowest BCUT2D eigenvalue weighted by Crippen LogP contribution is -1.97. The smallest absolute Gasteiger partial charge is 0.346 e. The van der Waals surface area contributed by atoms with Gasteiger partial charge in [0.25, 0.3) is 0 Å². The SMILES string of the molecule is CCCCCc1ccc(/C=C(\C#N)C(=O)O)cc1. The minimum atomic E-state index is -1.19. The molecule has 0 amide bonds. The van der Waals surface area contributed by atoms with E-state index in [9.17, 15) is 4.79 Å². The van der Waals surface area contributed by atoms with Gasteiger partial charge in [0.1, 0.15) is 11.6 Å². The third kappa shape index (κ3) is 4.42. The van der Waals surface area contributed by atoms with Gasteiger partial charge in [0, 0.05) is 0 Å². The van der Waals surface area contributed by atoms with E-state index >= 15 is 0 Å². The number of hydrogen-bond donors (Lipinski definition) is 1. The van der Waals surface area contributed by atoms with Crippen molar-refractivity contribution in [2.24, 2.45) is 0 Å². The molecule has 0 unspecified atom stereocenters. The molecule has 0 aliphatic rings. The highest BCUT2D eigenvalue weighted by atomic mass is 16.4. The summed E-state index contributed by atoms with van der Waals surface area (Å²) in [6.45, 7) is 2.17. The van der Waals surface area contributed by atoms with E-state index in [2.05, 4.69) is 6.92 Å². The maximum Gasteiger partial charge on any atom is 0.346 e. The van der Waals surface area contributed by atoms with Crippen LogP contribution in [0.5, 0.6) is 0 Å². The predicted octanol–water partition coefficient (Wildman–Crippen LogP) is 3.41. The zero-order valence-electron chi connectivity index (χ0n) is 10.5. The Morgan fingerprint density at radius 1 is 1.33 bits per heavy atom. The van der Waals surface area contributed by atoms with Crippen molar-refractivity contribution in [3.05, 3.63) is 41.0 Å². The Hall–Kier alpha value is -2.08. The Morgan fingerprint density at radius 3 is 2.50 bits per heavy atom. The lowest BCUT2D eigenvalue weighted by molar-refractivity contribution is -0.132. The van der Waals surface area contributed by atoms with Crippen LogP contribution in [-0.2, 0) is 11.2 Å². The van der Waals surface area contributed by atoms with E-state index in [4.69, 9.17) is 10.4 Å². The maximum absolute atomic E-state index is 10.7. The van der Waals surface area contributed by atoms with Crippen molar-refractivity contribution >= 4 is 12.0 Å². The van der Waals surface area contributed by atoms with Crippen molar-refractivity contribution in [3.63, 3.8) is 0 Å². The first-order valence-electron chi connectivity index (χ1n) is 6.11. The summed E-state index contributed by atoms with van der Waals surface area (Å²) in [7, 11) is 0. The molecule has 0 saturated carbocycles. The average molecular weight is 243 g/mol. The molecule has 0 spiro atoms. The Bertz CT molecular complexity index is 466. The number of nitriles is 1. The summed E-state index contributed by atoms with van der Waals surface area (Å²) in [5, 5.41) is 17.4. The normalized spacial score (nSPS) is 11.0. The van der Waals surface area contributed by atoms with Crippen LogP contribution in [-0.4, -0.2) is 11.1 Å². The van der Waals surface area contributed by atoms with Crippen molar-refractivity contribution in [2.45, 2.75) is 32.6 Å². The van der Waals surface area contributed by atoms with Crippen LogP contribution in [0, 0.1) is 11.3 Å². The van der Waals surface area contributed by atoms with Crippen LogP contribution in [0.25, 0.3) is 6.08 Å². The highest BCUT2D eigenvalue weighted by molar-refractivity contribution is 5.96. The highest BCUT2D eigenvalue weighted by Crippen LogP contribution is 2.11. The van der Waals surface area contributed by atoms with E-state index in [0.29, 0.717) is 0 Å². The van der Waals surface area contributed by atoms with E-state index in [0.717, 1.165) is 12.0 Å². The zero-order valence-corrected chi connectivity index (χ0v) is 10.5. The van der Waals surface area contributed by atoms with Gasteiger partial charge in [-0.1, -0.05) is 44.0 Å². The molecular weight excluding hydrogens is 226 g/mol. The van der Waals surface area contributed by atoms with E-state index in [1.165, 1.54) is 30.9 Å². The lowest BCUT2D eigenvalue weighted by atomic mass is 10.0. The summed E-state index contributed by atoms with van der Waals surface area (Å²) in [5.41, 5.74) is 1.75. The summed E-state index contributed by atoms with van der Waals surface area (Å²) in [4.78, 5) is 10.7. The van der Waals surface area contributed by atoms with Gasteiger partial charge >= 0.3 is 5.97 Å². The number of hydrogen-bond acceptors (Lipinski definition) is 2. The van der Waals surface area contributed by atoms with Crippen LogP contribution in [0.3, 0.4) is 0 Å². The number of carboxylic acid groups (broad SMARTS) is 1. The van der Waals surface area contributed by atoms with Crippen LogP contribution in [0.15, 0.2) is 29.8 Å². The van der Waals surface area contributed by atoms with Gasteiger partial charge in [0.05, 0.1) is 0 Å². The number of aryl methyl sites for hydroxylation is 1. The fourth-order valence-corrected chi connectivity index (χ4v) is 1.67. The molecule has 94 valence electrons. The molecule has 1 aromatic rings. The van der Waals surface area contributed by atoms with Gasteiger partial charge in [0.15, 0.2) is 0 Å². The number of carbonyl (C=O) groups is 1. The standard InChI is InChI=1S/C15H17NO2/c1-2-3-4-5-12-6-8-13(9-7-12)10-14(11-16)15(17)18/h6-10H,2-5H2,1H3,(H,17,18)/b14-10+. The second-order valence-corrected chi connectivity index (χ2v) is 4.17. The van der Waals surface area contributed by atoms with Crippen molar-refractivity contribution in [1.29, 1.82) is 5.26 Å². The first kappa shape index (κ1) is 14.0. The fraction of sp³-hybridized carbons (Fsp3) is 0.333. The maximum atomic E-state index is 10.7. The number of nitrogens with zero attached hydrogens (tertiary/aromatic N) is 1. The van der Waals surface area contributed by atoms with E-state index < -0.39 is 5.97 Å². The number of aliphatic carboxylic acids is 1. The molecule has 0 heterocycles. The Morgan fingerprint density at radius 2 is 2.00 bits per heavy atom. The van der Waals surface area contributed by atoms with E-state index in [1.807, 2.05) is 24.3 Å². The Kier molecular flexibility index (Phi) is 5.66. The van der Waals surface area contributed by atoms with Gasteiger partial charge in [-0.15, -0.1) is 0 Å². The quantitative estimate of drug-likeness (QED) is 0.473. The summed E-state index contributed by atoms with van der Waals surface area (Å²) in [6, 6.07) is 9.33. The van der Waals surface area contributed by atoms with Crippen LogP contribution in [0.4, 0.5) is 0 Å². The minimum Gasteiger partial charge on any atom is -0.477 e. The average Bonchev–Trinajstić information content (AvgIpc) is 2.37. The molecule has 1 rings (SSSR count). The van der Waals surface area contributed by atoms with Crippen LogP contribution in [0.2, 0.25) is 0 Å². The van der Waals surface area contributed by atoms with E-state index in [1.54, 1.807) is 6.07 Å². The molecule has 3 heteroatoms. The van der Waals surface area contributed by atoms with E-state index in [-0.39, 0.29) is 5.57 Å². The monoisotopic (exact) mass is 243 g/mol. The van der Waals surface area contributed by atoms with Gasteiger partial charge in [-0.3, -0.25) is 0 Å². The molecule has 0 aromatic heterocycles. The third-order valence-corrected chi connectivity index (χ3v) is 2.71. The highest BCUT2D eigenvalue weighted by Gasteiger charge is 2.05. The van der Waals surface area contributed by atoms with Crippen LogP contribution < -0.4 is 0 Å². The second-order valence-electron chi connectivity index (χ2n) is 4.17. The van der Waals surface area contributed by atoms with Gasteiger partial charge in [-0.25, -0.2) is 4.79 Å². The lowest BCUT2D eigenvalue weighted by Gasteiger charge is -2.01. The minimum absolute atomic E-state index is 0.242. The largest absolute Gasteiger partial charge is 0.477 e. The summed E-state index contributed by atoms with van der Waals surface area (Å²) >= 11 is 0. The molecule has 1 N–H and O–H groups in total. The molecule has 1 aromatic carbocycles. The van der Waals surface area contributed by atoms with Crippen molar-refractivity contribution in [3.8, 4) is 6.07 Å². The predicted molar refractivity (Wildman–Crippen MR) is 70.9 cm³/mol. The number of carboxylic acids is 1. The Labute approximate surface area is 107 Å². The fourth-order valence-electron chi connectivity index (χ4n) is 1.67. The topological polar surface area (TPSA) is 61.1 Å². The molecule has 0 aliphatic carbocycles. The first-order valence-corrected chi connectivity index (χ1v) is 6.11. The van der Waals surface area contributed by atoms with Crippen molar-refractivity contribution in [2.75, 3.05) is 0 Å². The van der Waals surface area contributed by atoms with Gasteiger partial charge < -0.3 is 5.11 Å². The first-order chi connectivity index (χ1) is 8.67. The molecule has 18 heavy (non-hydrogen) atoms. The molecule has 0 atom stereocenters. The Balaban J connectivity index is 2.71. The van der Waals surface area contributed by atoms with Crippen molar-refractivity contribution < 1.29 is 9.90 Å². The number of rotatable bonds is 6. The summed E-state index contributed by atoms with van der Waals surface area (Å²) < 4.78 is 0. The summed E-state index contributed by atoms with van der Waals surface area (Å²) in [6.07, 6.45) is 6.02. The number of benzene rings is 1. The molecule has 3 nitrogen and oxygen atoms in total.